The Balaban J connectivity index is 1.20. The van der Waals surface area contributed by atoms with E-state index in [-0.39, 0.29) is 11.7 Å². The van der Waals surface area contributed by atoms with Gasteiger partial charge in [0.05, 0.1) is 24.5 Å². The van der Waals surface area contributed by atoms with Crippen molar-refractivity contribution >= 4 is 11.6 Å². The van der Waals surface area contributed by atoms with Crippen LogP contribution in [0.3, 0.4) is 0 Å². The van der Waals surface area contributed by atoms with E-state index in [1.165, 1.54) is 23.4 Å². The van der Waals surface area contributed by atoms with Crippen molar-refractivity contribution < 1.29 is 9.18 Å². The third-order valence-electron chi connectivity index (χ3n) is 7.04. The lowest BCUT2D eigenvalue weighted by Crippen LogP contribution is -2.40. The number of nitrogens with zero attached hydrogens (tertiary/aromatic N) is 5. The summed E-state index contributed by atoms with van der Waals surface area (Å²) in [6.45, 7) is 5.95. The molecule has 6 nitrogen and oxygen atoms in total. The van der Waals surface area contributed by atoms with Crippen LogP contribution in [0.25, 0.3) is 0 Å². The maximum atomic E-state index is 13.3. The summed E-state index contributed by atoms with van der Waals surface area (Å²) in [5.41, 5.74) is 5.62. The van der Waals surface area contributed by atoms with Crippen molar-refractivity contribution in [1.82, 2.24) is 19.7 Å². The summed E-state index contributed by atoms with van der Waals surface area (Å²) in [7, 11) is 0. The van der Waals surface area contributed by atoms with Crippen molar-refractivity contribution in [2.45, 2.75) is 45.7 Å². The number of anilines is 1. The molecule has 172 valence electrons. The predicted octanol–water partition coefficient (Wildman–Crippen LogP) is 3.97. The molecule has 2 aromatic heterocycles. The number of rotatable bonds is 5. The van der Waals surface area contributed by atoms with E-state index in [2.05, 4.69) is 9.88 Å². The Hall–Kier alpha value is -3.22. The fourth-order valence-corrected chi connectivity index (χ4v) is 5.11. The Bertz CT molecular complexity index is 1100. The third kappa shape index (κ3) is 4.77. The summed E-state index contributed by atoms with van der Waals surface area (Å²) < 4.78 is 15.3. The molecule has 0 atom stereocenters. The molecule has 1 saturated heterocycles. The van der Waals surface area contributed by atoms with Gasteiger partial charge in [-0.1, -0.05) is 12.1 Å². The van der Waals surface area contributed by atoms with Gasteiger partial charge in [-0.15, -0.1) is 0 Å². The first-order valence-electron chi connectivity index (χ1n) is 11.8. The monoisotopic (exact) mass is 447 g/mol. The number of carbonyl (C=O) groups excluding carboxylic acids is 1. The number of amides is 1. The van der Waals surface area contributed by atoms with Crippen molar-refractivity contribution in [2.24, 2.45) is 5.92 Å². The zero-order valence-corrected chi connectivity index (χ0v) is 19.1. The number of piperidine rings is 1. The van der Waals surface area contributed by atoms with Gasteiger partial charge in [0.25, 0.3) is 0 Å². The van der Waals surface area contributed by atoms with Gasteiger partial charge in [-0.2, -0.15) is 5.10 Å². The second-order valence-electron chi connectivity index (χ2n) is 9.20. The normalized spacial score (nSPS) is 16.7. The molecule has 3 aromatic rings. The van der Waals surface area contributed by atoms with Gasteiger partial charge in [0.15, 0.2) is 0 Å². The molecule has 0 aliphatic carbocycles. The van der Waals surface area contributed by atoms with E-state index >= 15 is 0 Å². The van der Waals surface area contributed by atoms with Crippen LogP contribution in [-0.4, -0.2) is 45.2 Å². The molecule has 5 rings (SSSR count). The average Bonchev–Trinajstić information content (AvgIpc) is 3.16. The van der Waals surface area contributed by atoms with Gasteiger partial charge in [0.1, 0.15) is 5.82 Å². The number of aromatic nitrogens is 3. The first-order chi connectivity index (χ1) is 16.1. The molecule has 7 heteroatoms. The molecule has 33 heavy (non-hydrogen) atoms. The predicted molar refractivity (Wildman–Crippen MR) is 125 cm³/mol. The van der Waals surface area contributed by atoms with E-state index in [0.29, 0.717) is 25.4 Å². The molecule has 0 N–H and O–H groups in total. The van der Waals surface area contributed by atoms with E-state index < -0.39 is 0 Å². The van der Waals surface area contributed by atoms with Gasteiger partial charge in [-0.05, 0) is 67.5 Å². The van der Waals surface area contributed by atoms with E-state index in [4.69, 9.17) is 5.10 Å². The number of fused-ring (bicyclic) bond motifs is 1. The molecule has 0 radical (unpaired) electrons. The van der Waals surface area contributed by atoms with Crippen LogP contribution in [0.2, 0.25) is 0 Å². The molecule has 1 fully saturated rings. The van der Waals surface area contributed by atoms with Crippen molar-refractivity contribution in [3.8, 4) is 0 Å². The molecule has 0 saturated carbocycles. The minimum absolute atomic E-state index is 0.235. The summed E-state index contributed by atoms with van der Waals surface area (Å²) in [6, 6.07) is 10.6. The maximum Gasteiger partial charge on any atom is 0.223 e. The highest BCUT2D eigenvalue weighted by molar-refractivity contribution is 5.76. The van der Waals surface area contributed by atoms with Crippen LogP contribution >= 0.6 is 0 Å². The van der Waals surface area contributed by atoms with Gasteiger partial charge >= 0.3 is 0 Å². The van der Waals surface area contributed by atoms with Gasteiger partial charge < -0.3 is 9.80 Å². The van der Waals surface area contributed by atoms with Gasteiger partial charge in [-0.25, -0.2) is 4.39 Å². The molecule has 1 aromatic carbocycles. The fourth-order valence-electron chi connectivity index (χ4n) is 5.11. The Kier molecular flexibility index (Phi) is 6.11. The number of benzene rings is 1. The highest BCUT2D eigenvalue weighted by atomic mass is 19.1. The van der Waals surface area contributed by atoms with Crippen LogP contribution < -0.4 is 4.90 Å². The van der Waals surface area contributed by atoms with E-state index in [9.17, 15) is 9.18 Å². The van der Waals surface area contributed by atoms with Crippen LogP contribution in [0.15, 0.2) is 48.8 Å². The second-order valence-corrected chi connectivity index (χ2v) is 9.20. The van der Waals surface area contributed by atoms with Crippen LogP contribution in [-0.2, 0) is 24.3 Å². The Morgan fingerprint density at radius 2 is 1.79 bits per heavy atom. The van der Waals surface area contributed by atoms with Crippen LogP contribution in [0, 0.1) is 18.7 Å². The van der Waals surface area contributed by atoms with E-state index in [0.717, 1.165) is 55.8 Å². The number of halogens is 1. The number of carbonyl (C=O) groups is 1. The zero-order chi connectivity index (χ0) is 22.8. The Morgan fingerprint density at radius 1 is 1.06 bits per heavy atom. The van der Waals surface area contributed by atoms with Crippen LogP contribution in [0.5, 0.6) is 0 Å². The number of pyridine rings is 1. The average molecular weight is 448 g/mol. The topological polar surface area (TPSA) is 54.3 Å². The second kappa shape index (κ2) is 9.33. The lowest BCUT2D eigenvalue weighted by atomic mass is 9.92. The summed E-state index contributed by atoms with van der Waals surface area (Å²) in [5, 5.41) is 4.73. The minimum atomic E-state index is -0.235. The fraction of sp³-hybridized carbons (Fsp3) is 0.423. The Labute approximate surface area is 194 Å². The first kappa shape index (κ1) is 21.6. The highest BCUT2D eigenvalue weighted by Gasteiger charge is 2.29. The molecule has 0 unspecified atom stereocenters. The third-order valence-corrected chi connectivity index (χ3v) is 7.04. The largest absolute Gasteiger partial charge is 0.371 e. The molecule has 0 bridgehead atoms. The number of hydrogen-bond donors (Lipinski definition) is 0. The number of aryl methyl sites for hydroxylation is 1. The Morgan fingerprint density at radius 3 is 2.52 bits per heavy atom. The summed E-state index contributed by atoms with van der Waals surface area (Å²) in [5.74, 6) is 0.443. The summed E-state index contributed by atoms with van der Waals surface area (Å²) >= 11 is 0. The molecular formula is C26H30FN5O. The standard InChI is InChI=1S/C26H30FN5O/c1-19-24-10-15-31(18-25(24)32(29-19)17-21-2-4-22(27)5-3-21)26(33)16-20-8-13-30(14-9-20)23-6-11-28-12-7-23/h2-7,11-12,20H,8-10,13-18H2,1H3. The quantitative estimate of drug-likeness (QED) is 0.594. The molecule has 2 aliphatic rings. The van der Waals surface area contributed by atoms with E-state index in [1.54, 1.807) is 12.1 Å². The van der Waals surface area contributed by atoms with Gasteiger partial charge in [0.2, 0.25) is 5.91 Å². The molecular weight excluding hydrogens is 417 g/mol. The first-order valence-corrected chi connectivity index (χ1v) is 11.8. The summed E-state index contributed by atoms with van der Waals surface area (Å²) in [6.07, 6.45) is 7.20. The highest BCUT2D eigenvalue weighted by Crippen LogP contribution is 2.28. The van der Waals surface area contributed by atoms with Crippen molar-refractivity contribution in [1.29, 1.82) is 0 Å². The van der Waals surface area contributed by atoms with Crippen molar-refractivity contribution in [3.63, 3.8) is 0 Å². The van der Waals surface area contributed by atoms with Gasteiger partial charge in [0, 0.05) is 44.1 Å². The maximum absolute atomic E-state index is 13.3. The molecule has 4 heterocycles. The molecule has 0 spiro atoms. The zero-order valence-electron chi connectivity index (χ0n) is 19.1. The molecule has 2 aliphatic heterocycles. The van der Waals surface area contributed by atoms with Crippen LogP contribution in [0.4, 0.5) is 10.1 Å². The van der Waals surface area contributed by atoms with Crippen molar-refractivity contribution in [3.05, 3.63) is 77.1 Å². The lowest BCUT2D eigenvalue weighted by Gasteiger charge is -2.35. The molecule has 1 amide bonds. The van der Waals surface area contributed by atoms with Gasteiger partial charge in [-0.3, -0.25) is 14.5 Å². The van der Waals surface area contributed by atoms with E-state index in [1.807, 2.05) is 41.0 Å². The minimum Gasteiger partial charge on any atom is -0.371 e. The smallest absolute Gasteiger partial charge is 0.223 e. The SMILES string of the molecule is Cc1nn(Cc2ccc(F)cc2)c2c1CCN(C(=O)CC1CCN(c3ccncc3)CC1)C2. The summed E-state index contributed by atoms with van der Waals surface area (Å²) in [4.78, 5) is 21.7. The van der Waals surface area contributed by atoms with Crippen LogP contribution in [0.1, 0.15) is 41.8 Å². The number of hydrogen-bond acceptors (Lipinski definition) is 4. The van der Waals surface area contributed by atoms with Crippen molar-refractivity contribution in [2.75, 3.05) is 24.5 Å². The lowest BCUT2D eigenvalue weighted by molar-refractivity contribution is -0.133.